The summed E-state index contributed by atoms with van der Waals surface area (Å²) in [6, 6.07) is 18.8. The molecule has 1 fully saturated rings. The van der Waals surface area contributed by atoms with Crippen molar-refractivity contribution in [2.75, 3.05) is 48.4 Å². The Morgan fingerprint density at radius 2 is 1.65 bits per heavy atom. The van der Waals surface area contributed by atoms with Gasteiger partial charge < -0.3 is 25.0 Å². The Morgan fingerprint density at radius 3 is 2.29 bits per heavy atom. The average molecular weight is 464 g/mol. The number of halogens is 1. The van der Waals surface area contributed by atoms with E-state index in [1.807, 2.05) is 11.0 Å². The van der Waals surface area contributed by atoms with Crippen LogP contribution in [-0.4, -0.2) is 50.3 Å². The van der Waals surface area contributed by atoms with Crippen molar-refractivity contribution in [2.24, 2.45) is 0 Å². The van der Waals surface area contributed by atoms with E-state index in [2.05, 4.69) is 10.2 Å². The standard InChI is InChI=1S/C26H26FN3O4/c1-34-20-9-6-18(7-10-20)16-25(31)28-23-11-8-19(17-21(23)26(32)33)29-12-14-30(15-13-29)24-5-3-2-4-22(24)27/h2-11,17H,12-16H2,1H3,(H,28,31)(H,32,33). The van der Waals surface area contributed by atoms with Crippen molar-refractivity contribution < 1.29 is 23.8 Å². The molecule has 8 heteroatoms. The van der Waals surface area contributed by atoms with Crippen LogP contribution in [0, 0.1) is 5.82 Å². The number of piperazine rings is 1. The molecule has 1 amide bonds. The molecule has 1 heterocycles. The Labute approximate surface area is 197 Å². The zero-order valence-corrected chi connectivity index (χ0v) is 18.8. The van der Waals surface area contributed by atoms with E-state index in [1.165, 1.54) is 6.07 Å². The van der Waals surface area contributed by atoms with E-state index in [-0.39, 0.29) is 29.4 Å². The smallest absolute Gasteiger partial charge is 0.337 e. The largest absolute Gasteiger partial charge is 0.497 e. The molecule has 176 valence electrons. The van der Waals surface area contributed by atoms with E-state index in [1.54, 1.807) is 61.7 Å². The minimum atomic E-state index is -1.12. The van der Waals surface area contributed by atoms with E-state index in [4.69, 9.17) is 4.74 Å². The molecule has 2 N–H and O–H groups in total. The number of rotatable bonds is 7. The van der Waals surface area contributed by atoms with Gasteiger partial charge in [-0.25, -0.2) is 9.18 Å². The molecule has 0 radical (unpaired) electrons. The summed E-state index contributed by atoms with van der Waals surface area (Å²) >= 11 is 0. The van der Waals surface area contributed by atoms with Crippen LogP contribution in [0.25, 0.3) is 0 Å². The molecule has 0 aliphatic carbocycles. The molecule has 0 aromatic heterocycles. The summed E-state index contributed by atoms with van der Waals surface area (Å²) in [5, 5.41) is 12.5. The third kappa shape index (κ3) is 5.28. The summed E-state index contributed by atoms with van der Waals surface area (Å²) in [6.07, 6.45) is 0.114. The third-order valence-electron chi connectivity index (χ3n) is 5.87. The molecule has 0 unspecified atom stereocenters. The monoisotopic (exact) mass is 463 g/mol. The summed E-state index contributed by atoms with van der Waals surface area (Å²) in [5.41, 5.74) is 2.39. The summed E-state index contributed by atoms with van der Waals surface area (Å²) in [4.78, 5) is 28.5. The summed E-state index contributed by atoms with van der Waals surface area (Å²) < 4.78 is 19.2. The van der Waals surface area contributed by atoms with Gasteiger partial charge in [0.2, 0.25) is 5.91 Å². The van der Waals surface area contributed by atoms with E-state index in [9.17, 15) is 19.1 Å². The molecule has 34 heavy (non-hydrogen) atoms. The number of nitrogens with one attached hydrogen (secondary N) is 1. The first-order valence-corrected chi connectivity index (χ1v) is 11.0. The molecular formula is C26H26FN3O4. The van der Waals surface area contributed by atoms with Gasteiger partial charge in [-0.15, -0.1) is 0 Å². The van der Waals surface area contributed by atoms with Crippen LogP contribution in [0.1, 0.15) is 15.9 Å². The number of hydrogen-bond acceptors (Lipinski definition) is 5. The van der Waals surface area contributed by atoms with E-state index in [0.29, 0.717) is 37.6 Å². The van der Waals surface area contributed by atoms with Gasteiger partial charge in [-0.1, -0.05) is 24.3 Å². The van der Waals surface area contributed by atoms with Gasteiger partial charge in [0.05, 0.1) is 30.5 Å². The fraction of sp³-hybridized carbons (Fsp3) is 0.231. The second-order valence-corrected chi connectivity index (χ2v) is 8.03. The van der Waals surface area contributed by atoms with Gasteiger partial charge in [-0.3, -0.25) is 4.79 Å². The second kappa shape index (κ2) is 10.2. The lowest BCUT2D eigenvalue weighted by molar-refractivity contribution is -0.115. The average Bonchev–Trinajstić information content (AvgIpc) is 2.85. The van der Waals surface area contributed by atoms with Crippen molar-refractivity contribution in [3.05, 3.63) is 83.7 Å². The second-order valence-electron chi connectivity index (χ2n) is 8.03. The maximum absolute atomic E-state index is 14.1. The van der Waals surface area contributed by atoms with Crippen molar-refractivity contribution in [1.82, 2.24) is 0 Å². The maximum Gasteiger partial charge on any atom is 0.337 e. The summed E-state index contributed by atoms with van der Waals surface area (Å²) in [5.74, 6) is -0.980. The number of carbonyl (C=O) groups is 2. The van der Waals surface area contributed by atoms with Crippen LogP contribution < -0.4 is 19.9 Å². The fourth-order valence-electron chi connectivity index (χ4n) is 4.05. The Bertz CT molecular complexity index is 1170. The molecule has 0 atom stereocenters. The van der Waals surface area contributed by atoms with Crippen LogP contribution in [0.15, 0.2) is 66.7 Å². The zero-order chi connectivity index (χ0) is 24.1. The number of carbonyl (C=O) groups excluding carboxylic acids is 1. The highest BCUT2D eigenvalue weighted by molar-refractivity contribution is 6.01. The van der Waals surface area contributed by atoms with Crippen LogP contribution in [-0.2, 0) is 11.2 Å². The van der Waals surface area contributed by atoms with Gasteiger partial charge in [0.15, 0.2) is 0 Å². The van der Waals surface area contributed by atoms with E-state index >= 15 is 0 Å². The SMILES string of the molecule is COc1ccc(CC(=O)Nc2ccc(N3CCN(c4ccccc4F)CC3)cc2C(=O)O)cc1. The topological polar surface area (TPSA) is 82.1 Å². The van der Waals surface area contributed by atoms with Crippen molar-refractivity contribution in [3.8, 4) is 5.75 Å². The molecule has 1 saturated heterocycles. The Hall–Kier alpha value is -4.07. The Balaban J connectivity index is 1.42. The number of aromatic carboxylic acids is 1. The predicted octanol–water partition coefficient (Wildman–Crippen LogP) is 4.04. The highest BCUT2D eigenvalue weighted by Crippen LogP contribution is 2.27. The van der Waals surface area contributed by atoms with Gasteiger partial charge in [-0.05, 0) is 48.0 Å². The van der Waals surface area contributed by atoms with Crippen LogP contribution in [0.2, 0.25) is 0 Å². The van der Waals surface area contributed by atoms with Crippen LogP contribution >= 0.6 is 0 Å². The lowest BCUT2D eigenvalue weighted by Crippen LogP contribution is -2.46. The van der Waals surface area contributed by atoms with Gasteiger partial charge in [0, 0.05) is 31.9 Å². The summed E-state index contributed by atoms with van der Waals surface area (Å²) in [7, 11) is 1.57. The molecule has 1 aliphatic heterocycles. The van der Waals surface area contributed by atoms with Gasteiger partial charge in [-0.2, -0.15) is 0 Å². The number of methoxy groups -OCH3 is 1. The third-order valence-corrected chi connectivity index (χ3v) is 5.87. The fourth-order valence-corrected chi connectivity index (χ4v) is 4.05. The molecule has 0 spiro atoms. The number of carboxylic acids is 1. The van der Waals surface area contributed by atoms with E-state index in [0.717, 1.165) is 11.3 Å². The first kappa shape index (κ1) is 23.1. The summed E-state index contributed by atoms with van der Waals surface area (Å²) in [6.45, 7) is 2.47. The highest BCUT2D eigenvalue weighted by atomic mass is 19.1. The minimum absolute atomic E-state index is 0.0251. The lowest BCUT2D eigenvalue weighted by atomic mass is 10.1. The van der Waals surface area contributed by atoms with E-state index < -0.39 is 5.97 Å². The number of benzene rings is 3. The predicted molar refractivity (Wildman–Crippen MR) is 130 cm³/mol. The molecular weight excluding hydrogens is 437 g/mol. The van der Waals surface area contributed by atoms with Gasteiger partial charge >= 0.3 is 5.97 Å². The van der Waals surface area contributed by atoms with Crippen LogP contribution in [0.5, 0.6) is 5.75 Å². The first-order chi connectivity index (χ1) is 16.4. The van der Waals surface area contributed by atoms with Crippen molar-refractivity contribution in [2.45, 2.75) is 6.42 Å². The van der Waals surface area contributed by atoms with Crippen molar-refractivity contribution in [3.63, 3.8) is 0 Å². The zero-order valence-electron chi connectivity index (χ0n) is 18.8. The minimum Gasteiger partial charge on any atom is -0.497 e. The Kier molecular flexibility index (Phi) is 6.96. The highest BCUT2D eigenvalue weighted by Gasteiger charge is 2.21. The molecule has 3 aromatic carbocycles. The quantitative estimate of drug-likeness (QED) is 0.551. The van der Waals surface area contributed by atoms with Gasteiger partial charge in [0.25, 0.3) is 0 Å². The molecule has 0 bridgehead atoms. The van der Waals surface area contributed by atoms with Crippen molar-refractivity contribution >= 4 is 28.9 Å². The molecule has 1 aliphatic rings. The number of anilines is 3. The van der Waals surface area contributed by atoms with Crippen LogP contribution in [0.4, 0.5) is 21.5 Å². The molecule has 7 nitrogen and oxygen atoms in total. The molecule has 0 saturated carbocycles. The lowest BCUT2D eigenvalue weighted by Gasteiger charge is -2.37. The Morgan fingerprint density at radius 1 is 0.971 bits per heavy atom. The molecule has 3 aromatic rings. The van der Waals surface area contributed by atoms with Crippen LogP contribution in [0.3, 0.4) is 0 Å². The number of ether oxygens (including phenoxy) is 1. The van der Waals surface area contributed by atoms with Crippen molar-refractivity contribution in [1.29, 1.82) is 0 Å². The first-order valence-electron chi connectivity index (χ1n) is 11.0. The number of para-hydroxylation sites is 1. The molecule has 4 rings (SSSR count). The number of hydrogen-bond donors (Lipinski definition) is 2. The number of carboxylic acid groups (broad SMARTS) is 1. The van der Waals surface area contributed by atoms with Gasteiger partial charge in [0.1, 0.15) is 11.6 Å². The number of nitrogens with zero attached hydrogens (tertiary/aromatic N) is 2. The normalized spacial score (nSPS) is 13.5. The maximum atomic E-state index is 14.1. The number of amides is 1.